The summed E-state index contributed by atoms with van der Waals surface area (Å²) in [6.45, 7) is 2.03. The molecule has 0 bridgehead atoms. The molecule has 1 unspecified atom stereocenters. The van der Waals surface area contributed by atoms with Gasteiger partial charge in [-0.15, -0.1) is 11.3 Å². The van der Waals surface area contributed by atoms with Crippen LogP contribution in [0.3, 0.4) is 0 Å². The summed E-state index contributed by atoms with van der Waals surface area (Å²) in [5.74, 6) is 0. The number of nitrogens with two attached hydrogens (primary N) is 1. The Balaban J connectivity index is 1.56. The van der Waals surface area contributed by atoms with Gasteiger partial charge in [0, 0.05) is 30.5 Å². The fourth-order valence-corrected chi connectivity index (χ4v) is 3.77. The van der Waals surface area contributed by atoms with Crippen molar-refractivity contribution in [2.75, 3.05) is 0 Å². The standard InChI is InChI=1S/C16H24N4S/c1-12-18-15(11-21-12)10-13(17)9-14-7-8-20(19-14)16-5-3-2-4-6-16/h7-8,11,13,16H,2-6,9-10,17H2,1H3. The van der Waals surface area contributed by atoms with Gasteiger partial charge in [0.2, 0.25) is 0 Å². The van der Waals surface area contributed by atoms with Crippen molar-refractivity contribution in [1.29, 1.82) is 0 Å². The zero-order valence-corrected chi connectivity index (χ0v) is 13.5. The molecule has 0 radical (unpaired) electrons. The van der Waals surface area contributed by atoms with Crippen LogP contribution in [-0.4, -0.2) is 20.8 Å². The number of aryl methyl sites for hydroxylation is 1. The predicted octanol–water partition coefficient (Wildman–Crippen LogP) is 3.27. The summed E-state index contributed by atoms with van der Waals surface area (Å²) in [4.78, 5) is 4.48. The Hall–Kier alpha value is -1.20. The van der Waals surface area contributed by atoms with Crippen LogP contribution in [0.15, 0.2) is 17.6 Å². The van der Waals surface area contributed by atoms with Crippen LogP contribution < -0.4 is 5.73 Å². The second-order valence-corrected chi connectivity index (χ2v) is 7.17. The van der Waals surface area contributed by atoms with E-state index in [2.05, 4.69) is 27.3 Å². The normalized spacial score (nSPS) is 18.0. The van der Waals surface area contributed by atoms with Crippen LogP contribution in [0.2, 0.25) is 0 Å². The fraction of sp³-hybridized carbons (Fsp3) is 0.625. The molecule has 2 heterocycles. The SMILES string of the molecule is Cc1nc(CC(N)Cc2ccn(C3CCCCC3)n2)cs1. The predicted molar refractivity (Wildman–Crippen MR) is 86.6 cm³/mol. The number of aromatic nitrogens is 3. The van der Waals surface area contributed by atoms with Crippen LogP contribution in [0.4, 0.5) is 0 Å². The molecule has 5 heteroatoms. The van der Waals surface area contributed by atoms with Gasteiger partial charge in [-0.2, -0.15) is 5.10 Å². The fourth-order valence-electron chi connectivity index (χ4n) is 3.15. The zero-order valence-electron chi connectivity index (χ0n) is 12.7. The third-order valence-electron chi connectivity index (χ3n) is 4.22. The maximum absolute atomic E-state index is 6.25. The van der Waals surface area contributed by atoms with Gasteiger partial charge >= 0.3 is 0 Å². The molecular weight excluding hydrogens is 280 g/mol. The Kier molecular flexibility index (Phi) is 4.70. The molecule has 1 fully saturated rings. The smallest absolute Gasteiger partial charge is 0.0897 e. The maximum atomic E-state index is 6.25. The minimum absolute atomic E-state index is 0.0983. The highest BCUT2D eigenvalue weighted by Gasteiger charge is 2.17. The number of thiazole rings is 1. The van der Waals surface area contributed by atoms with Crippen molar-refractivity contribution < 1.29 is 0 Å². The lowest BCUT2D eigenvalue weighted by atomic mass is 9.96. The molecule has 0 saturated heterocycles. The minimum Gasteiger partial charge on any atom is -0.327 e. The van der Waals surface area contributed by atoms with Crippen LogP contribution in [0.25, 0.3) is 0 Å². The molecular formula is C16H24N4S. The molecule has 3 rings (SSSR count). The van der Waals surface area contributed by atoms with E-state index in [-0.39, 0.29) is 6.04 Å². The summed E-state index contributed by atoms with van der Waals surface area (Å²) in [6.07, 6.45) is 10.4. The summed E-state index contributed by atoms with van der Waals surface area (Å²) >= 11 is 1.69. The van der Waals surface area contributed by atoms with Gasteiger partial charge in [0.25, 0.3) is 0 Å². The highest BCUT2D eigenvalue weighted by atomic mass is 32.1. The highest BCUT2D eigenvalue weighted by Crippen LogP contribution is 2.27. The monoisotopic (exact) mass is 304 g/mol. The van der Waals surface area contributed by atoms with Gasteiger partial charge in [0.1, 0.15) is 0 Å². The number of rotatable bonds is 5. The van der Waals surface area contributed by atoms with Crippen LogP contribution in [0.1, 0.15) is 54.5 Å². The van der Waals surface area contributed by atoms with Crippen molar-refractivity contribution in [2.24, 2.45) is 5.73 Å². The van der Waals surface area contributed by atoms with Crippen LogP contribution in [0.5, 0.6) is 0 Å². The van der Waals surface area contributed by atoms with Gasteiger partial charge in [-0.25, -0.2) is 4.98 Å². The van der Waals surface area contributed by atoms with E-state index in [1.54, 1.807) is 11.3 Å². The Morgan fingerprint density at radius 1 is 1.29 bits per heavy atom. The molecule has 0 spiro atoms. The van der Waals surface area contributed by atoms with Crippen molar-refractivity contribution in [1.82, 2.24) is 14.8 Å². The quantitative estimate of drug-likeness (QED) is 0.922. The van der Waals surface area contributed by atoms with Crippen LogP contribution >= 0.6 is 11.3 Å². The lowest BCUT2D eigenvalue weighted by Gasteiger charge is -2.21. The van der Waals surface area contributed by atoms with Gasteiger partial charge in [0.15, 0.2) is 0 Å². The van der Waals surface area contributed by atoms with Crippen molar-refractivity contribution in [2.45, 2.75) is 64.0 Å². The first-order valence-electron chi connectivity index (χ1n) is 7.91. The molecule has 0 aromatic carbocycles. The third-order valence-corrected chi connectivity index (χ3v) is 5.04. The zero-order chi connectivity index (χ0) is 14.7. The van der Waals surface area contributed by atoms with Gasteiger partial charge in [-0.3, -0.25) is 4.68 Å². The second-order valence-electron chi connectivity index (χ2n) is 6.11. The van der Waals surface area contributed by atoms with Crippen LogP contribution in [0, 0.1) is 6.92 Å². The molecule has 1 aliphatic carbocycles. The Morgan fingerprint density at radius 2 is 2.05 bits per heavy atom. The Morgan fingerprint density at radius 3 is 2.76 bits per heavy atom. The first-order valence-corrected chi connectivity index (χ1v) is 8.79. The largest absolute Gasteiger partial charge is 0.327 e. The molecule has 114 valence electrons. The lowest BCUT2D eigenvalue weighted by Crippen LogP contribution is -2.26. The van der Waals surface area contributed by atoms with Gasteiger partial charge < -0.3 is 5.73 Å². The van der Waals surface area contributed by atoms with Gasteiger partial charge in [-0.05, 0) is 25.8 Å². The van der Waals surface area contributed by atoms with E-state index in [1.807, 2.05) is 6.92 Å². The van der Waals surface area contributed by atoms with E-state index >= 15 is 0 Å². The van der Waals surface area contributed by atoms with E-state index in [0.29, 0.717) is 6.04 Å². The van der Waals surface area contributed by atoms with Crippen molar-refractivity contribution in [3.63, 3.8) is 0 Å². The first kappa shape index (κ1) is 14.7. The highest BCUT2D eigenvalue weighted by molar-refractivity contribution is 7.09. The van der Waals surface area contributed by atoms with Crippen molar-refractivity contribution in [3.05, 3.63) is 34.0 Å². The Bertz CT molecular complexity index is 568. The number of nitrogens with zero attached hydrogens (tertiary/aromatic N) is 3. The average molecular weight is 304 g/mol. The third kappa shape index (κ3) is 3.92. The van der Waals surface area contributed by atoms with Gasteiger partial charge in [-0.1, -0.05) is 19.3 Å². The van der Waals surface area contributed by atoms with Crippen molar-refractivity contribution in [3.8, 4) is 0 Å². The molecule has 2 N–H and O–H groups in total. The van der Waals surface area contributed by atoms with Crippen LogP contribution in [-0.2, 0) is 12.8 Å². The summed E-state index contributed by atoms with van der Waals surface area (Å²) in [7, 11) is 0. The van der Waals surface area contributed by atoms with Crippen molar-refractivity contribution >= 4 is 11.3 Å². The summed E-state index contributed by atoms with van der Waals surface area (Å²) in [6, 6.07) is 2.83. The van der Waals surface area contributed by atoms with Gasteiger partial charge in [0.05, 0.1) is 22.4 Å². The molecule has 1 aliphatic rings. The molecule has 1 atom stereocenters. The molecule has 21 heavy (non-hydrogen) atoms. The van der Waals surface area contributed by atoms with E-state index in [9.17, 15) is 0 Å². The first-order chi connectivity index (χ1) is 10.2. The summed E-state index contributed by atoms with van der Waals surface area (Å²) in [5, 5.41) is 7.96. The summed E-state index contributed by atoms with van der Waals surface area (Å²) < 4.78 is 2.16. The molecule has 1 saturated carbocycles. The van der Waals surface area contributed by atoms with E-state index in [4.69, 9.17) is 10.8 Å². The topological polar surface area (TPSA) is 56.7 Å². The second kappa shape index (κ2) is 6.71. The van der Waals surface area contributed by atoms with E-state index in [1.165, 1.54) is 32.1 Å². The molecule has 2 aromatic heterocycles. The molecule has 0 aliphatic heterocycles. The maximum Gasteiger partial charge on any atom is 0.0897 e. The van der Waals surface area contributed by atoms with E-state index < -0.39 is 0 Å². The molecule has 4 nitrogen and oxygen atoms in total. The molecule has 2 aromatic rings. The Labute approximate surface area is 130 Å². The lowest BCUT2D eigenvalue weighted by molar-refractivity contribution is 0.328. The minimum atomic E-state index is 0.0983. The van der Waals surface area contributed by atoms with E-state index in [0.717, 1.165) is 29.2 Å². The summed E-state index contributed by atoms with van der Waals surface area (Å²) in [5.41, 5.74) is 8.47. The number of hydrogen-bond donors (Lipinski definition) is 1. The average Bonchev–Trinajstić information content (AvgIpc) is 3.09. The molecule has 0 amide bonds. The number of hydrogen-bond acceptors (Lipinski definition) is 4.